The first kappa shape index (κ1) is 11.6. The van der Waals surface area contributed by atoms with Crippen LogP contribution in [0.15, 0.2) is 35.7 Å². The fourth-order valence-electron chi connectivity index (χ4n) is 1.34. The van der Waals surface area contributed by atoms with Crippen LogP contribution in [0.3, 0.4) is 0 Å². The fraction of sp³-hybridized carbons (Fsp3) is 0.167. The van der Waals surface area contributed by atoms with Gasteiger partial charge < -0.3 is 10.5 Å². The van der Waals surface area contributed by atoms with Crippen LogP contribution >= 0.6 is 11.3 Å². The fourth-order valence-corrected chi connectivity index (χ4v) is 1.90. The van der Waals surface area contributed by atoms with Crippen LogP contribution in [-0.4, -0.2) is 11.0 Å². The number of hydrogen-bond acceptors (Lipinski definition) is 5. The van der Waals surface area contributed by atoms with Crippen LogP contribution < -0.4 is 5.73 Å². The van der Waals surface area contributed by atoms with Gasteiger partial charge in [-0.2, -0.15) is 0 Å². The molecule has 0 bridgehead atoms. The molecular formula is C12H12N2O2S. The highest BCUT2D eigenvalue weighted by molar-refractivity contribution is 7.13. The predicted octanol–water partition coefficient (Wildman–Crippen LogP) is 2.01. The lowest BCUT2D eigenvalue weighted by molar-refractivity contribution is -0.144. The second-order valence-electron chi connectivity index (χ2n) is 3.50. The van der Waals surface area contributed by atoms with Gasteiger partial charge in [0.15, 0.2) is 5.13 Å². The van der Waals surface area contributed by atoms with Crippen LogP contribution in [0.5, 0.6) is 0 Å². The molecule has 5 heteroatoms. The first-order chi connectivity index (χ1) is 8.24. The van der Waals surface area contributed by atoms with E-state index in [1.165, 1.54) is 11.3 Å². The minimum atomic E-state index is -0.292. The van der Waals surface area contributed by atoms with Crippen molar-refractivity contribution < 1.29 is 9.53 Å². The van der Waals surface area contributed by atoms with E-state index in [0.29, 0.717) is 17.4 Å². The number of anilines is 1. The molecule has 2 rings (SSSR count). The predicted molar refractivity (Wildman–Crippen MR) is 66.5 cm³/mol. The van der Waals surface area contributed by atoms with Crippen molar-refractivity contribution in [3.8, 4) is 0 Å². The molecule has 0 amide bonds. The molecule has 0 spiro atoms. The van der Waals surface area contributed by atoms with E-state index in [-0.39, 0.29) is 12.4 Å². The zero-order valence-electron chi connectivity index (χ0n) is 9.13. The SMILES string of the molecule is Nc1nc(CC(=O)OCc2ccccc2)cs1. The van der Waals surface area contributed by atoms with Crippen molar-refractivity contribution in [2.75, 3.05) is 5.73 Å². The van der Waals surface area contributed by atoms with Gasteiger partial charge in [0.1, 0.15) is 6.61 Å². The van der Waals surface area contributed by atoms with Crippen molar-refractivity contribution in [2.24, 2.45) is 0 Å². The van der Waals surface area contributed by atoms with Crippen LogP contribution in [0.4, 0.5) is 5.13 Å². The van der Waals surface area contributed by atoms with Gasteiger partial charge in [-0.05, 0) is 5.56 Å². The largest absolute Gasteiger partial charge is 0.461 e. The summed E-state index contributed by atoms with van der Waals surface area (Å²) in [5.74, 6) is -0.292. The molecule has 2 N–H and O–H groups in total. The molecule has 0 aliphatic heterocycles. The van der Waals surface area contributed by atoms with Crippen LogP contribution in [-0.2, 0) is 22.6 Å². The maximum Gasteiger partial charge on any atom is 0.312 e. The Labute approximate surface area is 103 Å². The number of aromatic nitrogens is 1. The first-order valence-corrected chi connectivity index (χ1v) is 6.01. The second-order valence-corrected chi connectivity index (χ2v) is 4.39. The minimum Gasteiger partial charge on any atom is -0.461 e. The molecule has 1 aromatic heterocycles. The normalized spacial score (nSPS) is 10.1. The minimum absolute atomic E-state index is 0.167. The van der Waals surface area contributed by atoms with E-state index in [1.807, 2.05) is 30.3 Å². The van der Waals surface area contributed by atoms with E-state index in [0.717, 1.165) is 5.56 Å². The Hall–Kier alpha value is -1.88. The molecular weight excluding hydrogens is 236 g/mol. The summed E-state index contributed by atoms with van der Waals surface area (Å²) < 4.78 is 5.13. The van der Waals surface area contributed by atoms with Gasteiger partial charge in [0.05, 0.1) is 12.1 Å². The summed E-state index contributed by atoms with van der Waals surface area (Å²) in [5, 5.41) is 2.23. The number of rotatable bonds is 4. The highest BCUT2D eigenvalue weighted by Crippen LogP contribution is 2.12. The number of ether oxygens (including phenoxy) is 1. The summed E-state index contributed by atoms with van der Waals surface area (Å²) in [6, 6.07) is 9.56. The third-order valence-corrected chi connectivity index (χ3v) is 2.86. The van der Waals surface area contributed by atoms with Crippen molar-refractivity contribution in [3.05, 3.63) is 47.0 Å². The van der Waals surface area contributed by atoms with E-state index in [4.69, 9.17) is 10.5 Å². The molecule has 0 radical (unpaired) electrons. The smallest absolute Gasteiger partial charge is 0.312 e. The Morgan fingerprint density at radius 1 is 1.35 bits per heavy atom. The monoisotopic (exact) mass is 248 g/mol. The molecule has 0 aliphatic carbocycles. The molecule has 0 saturated carbocycles. The third kappa shape index (κ3) is 3.57. The number of carbonyl (C=O) groups is 1. The van der Waals surface area contributed by atoms with Gasteiger partial charge in [0, 0.05) is 5.38 Å². The Balaban J connectivity index is 1.82. The molecule has 0 aliphatic rings. The lowest BCUT2D eigenvalue weighted by Crippen LogP contribution is -2.08. The van der Waals surface area contributed by atoms with Crippen LogP contribution in [0.1, 0.15) is 11.3 Å². The number of esters is 1. The van der Waals surface area contributed by atoms with Crippen molar-refractivity contribution >= 4 is 22.4 Å². The van der Waals surface area contributed by atoms with Gasteiger partial charge in [-0.25, -0.2) is 4.98 Å². The van der Waals surface area contributed by atoms with Gasteiger partial charge in [0.2, 0.25) is 0 Å². The quantitative estimate of drug-likeness (QED) is 0.841. The molecule has 1 heterocycles. The van der Waals surface area contributed by atoms with Crippen LogP contribution in [0.25, 0.3) is 0 Å². The number of benzene rings is 1. The Kier molecular flexibility index (Phi) is 3.72. The lowest BCUT2D eigenvalue weighted by Gasteiger charge is -2.03. The molecule has 88 valence electrons. The Morgan fingerprint density at radius 2 is 2.12 bits per heavy atom. The lowest BCUT2D eigenvalue weighted by atomic mass is 10.2. The summed E-state index contributed by atoms with van der Waals surface area (Å²) in [6.07, 6.45) is 0.167. The highest BCUT2D eigenvalue weighted by Gasteiger charge is 2.07. The second kappa shape index (κ2) is 5.45. The molecule has 0 atom stereocenters. The molecule has 2 aromatic rings. The highest BCUT2D eigenvalue weighted by atomic mass is 32.1. The maximum atomic E-state index is 11.5. The van der Waals surface area contributed by atoms with Crippen molar-refractivity contribution in [1.29, 1.82) is 0 Å². The van der Waals surface area contributed by atoms with Gasteiger partial charge in [-0.1, -0.05) is 30.3 Å². The topological polar surface area (TPSA) is 65.2 Å². The molecule has 0 fully saturated rings. The Bertz CT molecular complexity index is 496. The van der Waals surface area contributed by atoms with Gasteiger partial charge in [-0.3, -0.25) is 4.79 Å². The molecule has 0 saturated heterocycles. The van der Waals surface area contributed by atoms with E-state index in [1.54, 1.807) is 5.38 Å². The van der Waals surface area contributed by atoms with Gasteiger partial charge in [0.25, 0.3) is 0 Å². The zero-order chi connectivity index (χ0) is 12.1. The number of nitrogens with two attached hydrogens (primary N) is 1. The number of nitrogen functional groups attached to an aromatic ring is 1. The molecule has 17 heavy (non-hydrogen) atoms. The number of nitrogens with zero attached hydrogens (tertiary/aromatic N) is 1. The summed E-state index contributed by atoms with van der Waals surface area (Å²) >= 11 is 1.32. The maximum absolute atomic E-state index is 11.5. The van der Waals surface area contributed by atoms with E-state index in [2.05, 4.69) is 4.98 Å². The van der Waals surface area contributed by atoms with Gasteiger partial charge >= 0.3 is 5.97 Å². The molecule has 4 nitrogen and oxygen atoms in total. The van der Waals surface area contributed by atoms with Crippen molar-refractivity contribution in [3.63, 3.8) is 0 Å². The zero-order valence-corrected chi connectivity index (χ0v) is 9.94. The van der Waals surface area contributed by atoms with Crippen molar-refractivity contribution in [1.82, 2.24) is 4.98 Å². The molecule has 1 aromatic carbocycles. The van der Waals surface area contributed by atoms with E-state index < -0.39 is 0 Å². The summed E-state index contributed by atoms with van der Waals surface area (Å²) in [5.41, 5.74) is 7.10. The summed E-state index contributed by atoms with van der Waals surface area (Å²) in [4.78, 5) is 15.5. The summed E-state index contributed by atoms with van der Waals surface area (Å²) in [6.45, 7) is 0.291. The third-order valence-electron chi connectivity index (χ3n) is 2.14. The van der Waals surface area contributed by atoms with E-state index >= 15 is 0 Å². The Morgan fingerprint density at radius 3 is 2.76 bits per heavy atom. The number of hydrogen-bond donors (Lipinski definition) is 1. The molecule has 0 unspecified atom stereocenters. The van der Waals surface area contributed by atoms with Crippen LogP contribution in [0, 0.1) is 0 Å². The average molecular weight is 248 g/mol. The van der Waals surface area contributed by atoms with Crippen LogP contribution in [0.2, 0.25) is 0 Å². The number of carbonyl (C=O) groups excluding carboxylic acids is 1. The first-order valence-electron chi connectivity index (χ1n) is 5.13. The summed E-state index contributed by atoms with van der Waals surface area (Å²) in [7, 11) is 0. The van der Waals surface area contributed by atoms with Crippen molar-refractivity contribution in [2.45, 2.75) is 13.0 Å². The van der Waals surface area contributed by atoms with Gasteiger partial charge in [-0.15, -0.1) is 11.3 Å². The van der Waals surface area contributed by atoms with E-state index in [9.17, 15) is 4.79 Å². The average Bonchev–Trinajstić information content (AvgIpc) is 2.73. The standard InChI is InChI=1S/C12H12N2O2S/c13-12-14-10(8-17-12)6-11(15)16-7-9-4-2-1-3-5-9/h1-5,8H,6-7H2,(H2,13,14). The number of thiazole rings is 1.